The zero-order chi connectivity index (χ0) is 13.8. The lowest BCUT2D eigenvalue weighted by atomic mass is 10.5. The van der Waals surface area contributed by atoms with E-state index in [0.29, 0.717) is 13.2 Å². The summed E-state index contributed by atoms with van der Waals surface area (Å²) in [6.45, 7) is 2.57. The van der Waals surface area contributed by atoms with Crippen LogP contribution in [0.25, 0.3) is 0 Å². The highest BCUT2D eigenvalue weighted by atomic mass is 35.5. The molecule has 0 radical (unpaired) electrons. The van der Waals surface area contributed by atoms with Gasteiger partial charge in [0.2, 0.25) is 10.0 Å². The van der Waals surface area contributed by atoms with Gasteiger partial charge in [-0.1, -0.05) is 18.5 Å². The van der Waals surface area contributed by atoms with Crippen LogP contribution < -0.4 is 5.56 Å². The van der Waals surface area contributed by atoms with Gasteiger partial charge < -0.3 is 9.72 Å². The van der Waals surface area contributed by atoms with Crippen LogP contribution in [0.2, 0.25) is 5.02 Å². The topological polar surface area (TPSA) is 79.5 Å². The van der Waals surface area contributed by atoms with E-state index < -0.39 is 15.6 Å². The van der Waals surface area contributed by atoms with Crippen molar-refractivity contribution in [1.82, 2.24) is 9.29 Å². The van der Waals surface area contributed by atoms with Crippen molar-refractivity contribution in [1.29, 1.82) is 0 Å². The Morgan fingerprint density at radius 1 is 1.50 bits per heavy atom. The Kier molecular flexibility index (Phi) is 5.33. The van der Waals surface area contributed by atoms with Crippen LogP contribution >= 0.6 is 11.6 Å². The van der Waals surface area contributed by atoms with Crippen LogP contribution in [0.15, 0.2) is 22.0 Å². The Morgan fingerprint density at radius 3 is 2.67 bits per heavy atom. The van der Waals surface area contributed by atoms with Gasteiger partial charge in [0.15, 0.2) is 0 Å². The van der Waals surface area contributed by atoms with E-state index in [1.54, 1.807) is 6.92 Å². The van der Waals surface area contributed by atoms with Crippen molar-refractivity contribution in [3.8, 4) is 0 Å². The van der Waals surface area contributed by atoms with Gasteiger partial charge in [-0.3, -0.25) is 4.79 Å². The maximum atomic E-state index is 12.2. The number of sulfonamides is 1. The minimum absolute atomic E-state index is 0.0370. The number of methoxy groups -OCH3 is 1. The maximum absolute atomic E-state index is 12.2. The zero-order valence-corrected chi connectivity index (χ0v) is 11.7. The van der Waals surface area contributed by atoms with Gasteiger partial charge >= 0.3 is 0 Å². The van der Waals surface area contributed by atoms with E-state index in [1.807, 2.05) is 0 Å². The first kappa shape index (κ1) is 15.2. The van der Waals surface area contributed by atoms with E-state index in [0.717, 1.165) is 12.3 Å². The van der Waals surface area contributed by atoms with Gasteiger partial charge in [0.25, 0.3) is 5.56 Å². The molecule has 0 aromatic carbocycles. The fraction of sp³-hybridized carbons (Fsp3) is 0.500. The number of pyridine rings is 1. The standard InChI is InChI=1S/C10H15ClN2O4S/c1-3-13(4-5-17-2)18(15,16)8-6-9(11)10(14)12-7-8/h6-7H,3-5H2,1-2H3,(H,12,14). The molecule has 6 nitrogen and oxygen atoms in total. The first-order valence-corrected chi connectivity index (χ1v) is 7.12. The molecule has 0 amide bonds. The Hall–Kier alpha value is -0.890. The first-order valence-electron chi connectivity index (χ1n) is 5.30. The Bertz CT molecular complexity index is 555. The van der Waals surface area contributed by atoms with Gasteiger partial charge in [-0.2, -0.15) is 4.31 Å². The van der Waals surface area contributed by atoms with Crippen LogP contribution in [0.5, 0.6) is 0 Å². The second kappa shape index (κ2) is 6.33. The summed E-state index contributed by atoms with van der Waals surface area (Å²) in [5.41, 5.74) is -0.518. The van der Waals surface area contributed by atoms with Crippen molar-refractivity contribution in [2.45, 2.75) is 11.8 Å². The molecule has 1 aromatic rings. The molecular weight excluding hydrogens is 280 g/mol. The fourth-order valence-electron chi connectivity index (χ4n) is 1.38. The summed E-state index contributed by atoms with van der Waals surface area (Å²) in [7, 11) is -2.17. The van der Waals surface area contributed by atoms with E-state index >= 15 is 0 Å². The number of H-pyrrole nitrogens is 1. The lowest BCUT2D eigenvalue weighted by Gasteiger charge is -2.19. The summed E-state index contributed by atoms with van der Waals surface area (Å²) in [6, 6.07) is 1.14. The Morgan fingerprint density at radius 2 is 2.17 bits per heavy atom. The van der Waals surface area contributed by atoms with E-state index in [9.17, 15) is 13.2 Å². The SMILES string of the molecule is CCN(CCOC)S(=O)(=O)c1c[nH]c(=O)c(Cl)c1. The molecule has 0 aliphatic heterocycles. The summed E-state index contributed by atoms with van der Waals surface area (Å²) in [5.74, 6) is 0. The second-order valence-corrected chi connectivity index (χ2v) is 5.85. The molecule has 1 heterocycles. The number of aromatic amines is 1. The maximum Gasteiger partial charge on any atom is 0.266 e. The third-order valence-electron chi connectivity index (χ3n) is 2.37. The van der Waals surface area contributed by atoms with E-state index in [4.69, 9.17) is 16.3 Å². The van der Waals surface area contributed by atoms with Crippen molar-refractivity contribution in [2.24, 2.45) is 0 Å². The Labute approximate surface area is 111 Å². The van der Waals surface area contributed by atoms with Crippen molar-refractivity contribution in [2.75, 3.05) is 26.8 Å². The van der Waals surface area contributed by atoms with Crippen LogP contribution in [-0.2, 0) is 14.8 Å². The van der Waals surface area contributed by atoms with Gasteiger partial charge in [-0.25, -0.2) is 8.42 Å². The molecular formula is C10H15ClN2O4S. The van der Waals surface area contributed by atoms with Crippen LogP contribution in [0.3, 0.4) is 0 Å². The molecule has 0 bridgehead atoms. The van der Waals surface area contributed by atoms with Crippen molar-refractivity contribution in [3.05, 3.63) is 27.6 Å². The molecule has 0 saturated carbocycles. The third-order valence-corrected chi connectivity index (χ3v) is 4.60. The van der Waals surface area contributed by atoms with Crippen molar-refractivity contribution < 1.29 is 13.2 Å². The van der Waals surface area contributed by atoms with Gasteiger partial charge in [-0.15, -0.1) is 0 Å². The molecule has 0 saturated heterocycles. The summed E-state index contributed by atoms with van der Waals surface area (Å²) in [5, 5.41) is -0.154. The van der Waals surface area contributed by atoms with E-state index in [1.165, 1.54) is 11.4 Å². The van der Waals surface area contributed by atoms with E-state index in [-0.39, 0.29) is 16.5 Å². The quantitative estimate of drug-likeness (QED) is 0.837. The number of halogens is 1. The number of rotatable bonds is 6. The lowest BCUT2D eigenvalue weighted by Crippen LogP contribution is -2.34. The molecule has 1 aromatic heterocycles. The molecule has 0 unspecified atom stereocenters. The van der Waals surface area contributed by atoms with Crippen LogP contribution in [0.1, 0.15) is 6.92 Å². The lowest BCUT2D eigenvalue weighted by molar-refractivity contribution is 0.180. The van der Waals surface area contributed by atoms with Gasteiger partial charge in [-0.05, 0) is 6.07 Å². The van der Waals surface area contributed by atoms with Gasteiger partial charge in [0, 0.05) is 26.4 Å². The fourth-order valence-corrected chi connectivity index (χ4v) is 3.04. The number of ether oxygens (including phenoxy) is 1. The predicted molar refractivity (Wildman–Crippen MR) is 68.4 cm³/mol. The minimum atomic E-state index is -3.66. The molecule has 8 heteroatoms. The summed E-state index contributed by atoms with van der Waals surface area (Å²) in [4.78, 5) is 13.3. The summed E-state index contributed by atoms with van der Waals surface area (Å²) in [6.07, 6.45) is 1.14. The number of nitrogens with zero attached hydrogens (tertiary/aromatic N) is 1. The average molecular weight is 295 g/mol. The van der Waals surface area contributed by atoms with Crippen LogP contribution in [0, 0.1) is 0 Å². The van der Waals surface area contributed by atoms with Crippen LogP contribution in [0.4, 0.5) is 0 Å². The minimum Gasteiger partial charge on any atom is -0.383 e. The highest BCUT2D eigenvalue weighted by Crippen LogP contribution is 2.16. The predicted octanol–water partition coefficient (Wildman–Crippen LogP) is 0.685. The van der Waals surface area contributed by atoms with E-state index in [2.05, 4.69) is 4.98 Å². The molecule has 0 atom stereocenters. The molecule has 0 spiro atoms. The Balaban J connectivity index is 3.10. The molecule has 0 aliphatic rings. The molecule has 0 aliphatic carbocycles. The van der Waals surface area contributed by atoms with Gasteiger partial charge in [0.1, 0.15) is 5.02 Å². The van der Waals surface area contributed by atoms with Crippen molar-refractivity contribution >= 4 is 21.6 Å². The number of hydrogen-bond acceptors (Lipinski definition) is 4. The second-order valence-electron chi connectivity index (χ2n) is 3.50. The zero-order valence-electron chi connectivity index (χ0n) is 10.1. The smallest absolute Gasteiger partial charge is 0.266 e. The first-order chi connectivity index (χ1) is 8.43. The van der Waals surface area contributed by atoms with Crippen LogP contribution in [-0.4, -0.2) is 44.5 Å². The monoisotopic (exact) mass is 294 g/mol. The summed E-state index contributed by atoms with van der Waals surface area (Å²) < 4.78 is 30.6. The van der Waals surface area contributed by atoms with Crippen molar-refractivity contribution in [3.63, 3.8) is 0 Å². The highest BCUT2D eigenvalue weighted by Gasteiger charge is 2.23. The normalized spacial score (nSPS) is 12.0. The number of hydrogen-bond donors (Lipinski definition) is 1. The molecule has 1 N–H and O–H groups in total. The molecule has 102 valence electrons. The molecule has 1 rings (SSSR count). The number of likely N-dealkylation sites (N-methyl/N-ethyl adjacent to an activating group) is 1. The molecule has 0 fully saturated rings. The van der Waals surface area contributed by atoms with Gasteiger partial charge in [0.05, 0.1) is 11.5 Å². The summed E-state index contributed by atoms with van der Waals surface area (Å²) >= 11 is 5.62. The average Bonchev–Trinajstić information content (AvgIpc) is 2.33. The largest absolute Gasteiger partial charge is 0.383 e. The highest BCUT2D eigenvalue weighted by molar-refractivity contribution is 7.89. The number of nitrogens with one attached hydrogen (secondary N) is 1. The third kappa shape index (κ3) is 3.32. The molecule has 18 heavy (non-hydrogen) atoms. The number of aromatic nitrogens is 1.